The molecule has 0 bridgehead atoms. The van der Waals surface area contributed by atoms with Gasteiger partial charge < -0.3 is 19.8 Å². The normalized spacial score (nSPS) is 22.5. The molecule has 1 aromatic carbocycles. The van der Waals surface area contributed by atoms with Crippen LogP contribution in [0.4, 0.5) is 13.2 Å². The van der Waals surface area contributed by atoms with Gasteiger partial charge in [-0.15, -0.1) is 0 Å². The van der Waals surface area contributed by atoms with Gasteiger partial charge in [-0.05, 0) is 30.5 Å². The van der Waals surface area contributed by atoms with E-state index >= 15 is 0 Å². The van der Waals surface area contributed by atoms with Crippen molar-refractivity contribution in [1.29, 1.82) is 0 Å². The highest BCUT2D eigenvalue weighted by Gasteiger charge is 2.50. The number of likely N-dealkylation sites (tertiary alicyclic amines) is 2. The molecule has 3 fully saturated rings. The summed E-state index contributed by atoms with van der Waals surface area (Å²) < 4.78 is 43.4. The molecule has 202 valence electrons. The molecule has 1 atom stereocenters. The predicted octanol–water partition coefficient (Wildman–Crippen LogP) is 1.95. The molecular weight excluding hydrogens is 483 g/mol. The Bertz CT molecular complexity index is 845. The first-order valence-corrected chi connectivity index (χ1v) is 11.8. The number of hydrogen-bond donors (Lipinski definition) is 2. The van der Waals surface area contributed by atoms with Crippen molar-refractivity contribution >= 4 is 18.9 Å². The lowest BCUT2D eigenvalue weighted by Crippen LogP contribution is -2.43. The SMILES string of the molecule is O=C1N(CCN2CCOCC2)CCC12CCN(Cc1cccc(CC(F)(F)F)c1)C2.O=CO.O=CO. The van der Waals surface area contributed by atoms with Crippen LogP contribution in [-0.2, 0) is 32.1 Å². The Kier molecular flexibility index (Phi) is 11.6. The number of rotatable bonds is 6. The molecule has 1 aromatic rings. The number of halogens is 3. The molecule has 0 aromatic heterocycles. The van der Waals surface area contributed by atoms with Crippen molar-refractivity contribution in [3.05, 3.63) is 35.4 Å². The maximum Gasteiger partial charge on any atom is 0.393 e. The van der Waals surface area contributed by atoms with Crippen molar-refractivity contribution in [2.75, 3.05) is 59.0 Å². The van der Waals surface area contributed by atoms with Crippen LogP contribution in [0.3, 0.4) is 0 Å². The van der Waals surface area contributed by atoms with Gasteiger partial charge in [0.05, 0.1) is 25.0 Å². The minimum Gasteiger partial charge on any atom is -0.483 e. The van der Waals surface area contributed by atoms with Gasteiger partial charge in [0.15, 0.2) is 0 Å². The minimum absolute atomic E-state index is 0.250. The van der Waals surface area contributed by atoms with Gasteiger partial charge >= 0.3 is 6.18 Å². The molecule has 36 heavy (non-hydrogen) atoms. The number of morpholine rings is 1. The third-order valence-corrected chi connectivity index (χ3v) is 6.63. The van der Waals surface area contributed by atoms with Gasteiger partial charge in [0.2, 0.25) is 5.91 Å². The quantitative estimate of drug-likeness (QED) is 0.551. The molecule has 9 nitrogen and oxygen atoms in total. The summed E-state index contributed by atoms with van der Waals surface area (Å²) in [6.45, 7) is 7.43. The smallest absolute Gasteiger partial charge is 0.393 e. The second kappa shape index (κ2) is 14.1. The van der Waals surface area contributed by atoms with E-state index in [2.05, 4.69) is 9.80 Å². The van der Waals surface area contributed by atoms with Crippen molar-refractivity contribution in [1.82, 2.24) is 14.7 Å². The van der Waals surface area contributed by atoms with Gasteiger partial charge in [-0.3, -0.25) is 24.2 Å². The number of alkyl halides is 3. The first-order valence-electron chi connectivity index (χ1n) is 11.8. The van der Waals surface area contributed by atoms with E-state index in [1.165, 1.54) is 6.07 Å². The average molecular weight is 518 g/mol. The molecule has 0 saturated carbocycles. The fourth-order valence-electron chi connectivity index (χ4n) is 4.99. The molecule has 3 saturated heterocycles. The lowest BCUT2D eigenvalue weighted by Gasteiger charge is -2.29. The van der Waals surface area contributed by atoms with E-state index in [1.807, 2.05) is 11.0 Å². The molecule has 3 aliphatic rings. The van der Waals surface area contributed by atoms with Gasteiger partial charge in [-0.2, -0.15) is 13.2 Å². The zero-order valence-corrected chi connectivity index (χ0v) is 20.2. The summed E-state index contributed by atoms with van der Waals surface area (Å²) in [5.74, 6) is 0.254. The van der Waals surface area contributed by atoms with Crippen LogP contribution in [0.1, 0.15) is 24.0 Å². The number of carbonyl (C=O) groups is 3. The summed E-state index contributed by atoms with van der Waals surface area (Å²) in [6.07, 6.45) is -3.39. The van der Waals surface area contributed by atoms with Crippen molar-refractivity contribution < 1.29 is 42.5 Å². The second-order valence-electron chi connectivity index (χ2n) is 9.06. The number of hydrogen-bond acceptors (Lipinski definition) is 6. The van der Waals surface area contributed by atoms with Crippen molar-refractivity contribution in [2.24, 2.45) is 5.41 Å². The first-order chi connectivity index (χ1) is 17.2. The van der Waals surface area contributed by atoms with Gasteiger partial charge in [0, 0.05) is 45.8 Å². The topological polar surface area (TPSA) is 111 Å². The van der Waals surface area contributed by atoms with Gasteiger partial charge in [-0.1, -0.05) is 24.3 Å². The van der Waals surface area contributed by atoms with E-state index in [-0.39, 0.29) is 24.3 Å². The minimum atomic E-state index is -4.20. The monoisotopic (exact) mass is 517 g/mol. The predicted molar refractivity (Wildman–Crippen MR) is 124 cm³/mol. The summed E-state index contributed by atoms with van der Waals surface area (Å²) in [4.78, 5) is 36.4. The fraction of sp³-hybridized carbons (Fsp3) is 0.625. The van der Waals surface area contributed by atoms with Gasteiger partial charge in [-0.25, -0.2) is 0 Å². The standard InChI is InChI=1S/C22H30F3N3O2.2CH2O2/c23-22(24,25)15-18-2-1-3-19(14-18)16-27-6-4-21(17-27)5-7-28(20(21)29)9-8-26-10-12-30-13-11-26;2*2-1-3/h1-3,14H,4-13,15-17H2;2*1H,(H,2,3). The fourth-order valence-corrected chi connectivity index (χ4v) is 4.99. The number of amides is 1. The highest BCUT2D eigenvalue weighted by molar-refractivity contribution is 5.85. The summed E-state index contributed by atoms with van der Waals surface area (Å²) in [6, 6.07) is 6.73. The number of ether oxygens (including phenoxy) is 1. The Labute approximate surface area is 208 Å². The molecule has 1 amide bonds. The number of benzene rings is 1. The lowest BCUT2D eigenvalue weighted by atomic mass is 9.85. The van der Waals surface area contributed by atoms with Crippen LogP contribution >= 0.6 is 0 Å². The summed E-state index contributed by atoms with van der Waals surface area (Å²) in [5, 5.41) is 13.8. The van der Waals surface area contributed by atoms with E-state index in [4.69, 9.17) is 24.5 Å². The zero-order chi connectivity index (χ0) is 26.6. The molecule has 1 unspecified atom stereocenters. The molecule has 0 aliphatic carbocycles. The van der Waals surface area contributed by atoms with Crippen LogP contribution < -0.4 is 0 Å². The molecule has 1 spiro atoms. The highest BCUT2D eigenvalue weighted by atomic mass is 19.4. The zero-order valence-electron chi connectivity index (χ0n) is 20.2. The number of carbonyl (C=O) groups excluding carboxylic acids is 1. The average Bonchev–Trinajstić information content (AvgIpc) is 3.36. The number of carboxylic acid groups (broad SMARTS) is 2. The van der Waals surface area contributed by atoms with E-state index in [0.29, 0.717) is 18.7 Å². The third-order valence-electron chi connectivity index (χ3n) is 6.63. The van der Waals surface area contributed by atoms with Crippen LogP contribution in [0.15, 0.2) is 24.3 Å². The van der Waals surface area contributed by atoms with Crippen LogP contribution in [0.5, 0.6) is 0 Å². The molecule has 2 N–H and O–H groups in total. The van der Waals surface area contributed by atoms with E-state index in [9.17, 15) is 18.0 Å². The largest absolute Gasteiger partial charge is 0.483 e. The Morgan fingerprint density at radius 2 is 1.56 bits per heavy atom. The molecular formula is C24H34F3N3O6. The van der Waals surface area contributed by atoms with Crippen LogP contribution in [0.25, 0.3) is 0 Å². The molecule has 3 heterocycles. The molecule has 12 heteroatoms. The Hall–Kier alpha value is -2.70. The third kappa shape index (κ3) is 9.07. The summed E-state index contributed by atoms with van der Waals surface area (Å²) >= 11 is 0. The van der Waals surface area contributed by atoms with E-state index in [1.54, 1.807) is 12.1 Å². The summed E-state index contributed by atoms with van der Waals surface area (Å²) in [7, 11) is 0. The Morgan fingerprint density at radius 1 is 0.944 bits per heavy atom. The van der Waals surface area contributed by atoms with Gasteiger partial charge in [0.1, 0.15) is 0 Å². The van der Waals surface area contributed by atoms with Gasteiger partial charge in [0.25, 0.3) is 12.9 Å². The van der Waals surface area contributed by atoms with E-state index < -0.39 is 12.6 Å². The van der Waals surface area contributed by atoms with Crippen molar-refractivity contribution in [3.63, 3.8) is 0 Å². The molecule has 0 radical (unpaired) electrons. The van der Waals surface area contributed by atoms with Crippen LogP contribution in [0, 0.1) is 5.41 Å². The van der Waals surface area contributed by atoms with Crippen LogP contribution in [0.2, 0.25) is 0 Å². The number of nitrogens with zero attached hydrogens (tertiary/aromatic N) is 3. The van der Waals surface area contributed by atoms with Crippen LogP contribution in [-0.4, -0.2) is 109 Å². The van der Waals surface area contributed by atoms with E-state index in [0.717, 1.165) is 70.9 Å². The maximum atomic E-state index is 13.1. The molecule has 3 aliphatic heterocycles. The first kappa shape index (κ1) is 29.5. The Balaban J connectivity index is 0.000000693. The summed E-state index contributed by atoms with van der Waals surface area (Å²) in [5.41, 5.74) is 0.859. The Morgan fingerprint density at radius 3 is 2.19 bits per heavy atom. The second-order valence-corrected chi connectivity index (χ2v) is 9.06. The van der Waals surface area contributed by atoms with Crippen molar-refractivity contribution in [3.8, 4) is 0 Å². The highest BCUT2D eigenvalue weighted by Crippen LogP contribution is 2.41. The lowest BCUT2D eigenvalue weighted by molar-refractivity contribution is -0.136. The van der Waals surface area contributed by atoms with Crippen molar-refractivity contribution in [2.45, 2.75) is 32.0 Å². The molecule has 4 rings (SSSR count). The maximum absolute atomic E-state index is 13.1.